The summed E-state index contributed by atoms with van der Waals surface area (Å²) < 4.78 is 75.9. The molecule has 118 valence electrons. The van der Waals surface area contributed by atoms with Crippen LogP contribution in [0.5, 0.6) is 0 Å². The zero-order valence-electron chi connectivity index (χ0n) is 9.92. The van der Waals surface area contributed by atoms with Gasteiger partial charge in [-0.25, -0.2) is 4.98 Å². The number of hydrogen-bond donors (Lipinski definition) is 3. The summed E-state index contributed by atoms with van der Waals surface area (Å²) in [5.41, 5.74) is 10.1. The van der Waals surface area contributed by atoms with E-state index in [0.29, 0.717) is 11.8 Å². The van der Waals surface area contributed by atoms with Crippen molar-refractivity contribution in [3.63, 3.8) is 0 Å². The first kappa shape index (κ1) is 16.2. The lowest BCUT2D eigenvalue weighted by Gasteiger charge is -2.28. The van der Waals surface area contributed by atoms with E-state index in [0.717, 1.165) is 16.7 Å². The maximum atomic E-state index is 12.6. The van der Waals surface area contributed by atoms with Crippen LogP contribution in [-0.2, 0) is 4.99 Å². The second-order valence-electron chi connectivity index (χ2n) is 4.13. The maximum absolute atomic E-state index is 12.6. The van der Waals surface area contributed by atoms with Crippen LogP contribution in [-0.4, -0.2) is 17.3 Å². The van der Waals surface area contributed by atoms with Gasteiger partial charge in [-0.3, -0.25) is 5.73 Å². The number of thioether (sulfide) groups is 1. The van der Waals surface area contributed by atoms with Gasteiger partial charge in [0.2, 0.25) is 0 Å². The van der Waals surface area contributed by atoms with Crippen LogP contribution in [0.3, 0.4) is 0 Å². The number of nitrogens with zero attached hydrogens (tertiary/aromatic N) is 1. The van der Waals surface area contributed by atoms with Gasteiger partial charge in [-0.15, -0.1) is 0 Å². The van der Waals surface area contributed by atoms with Crippen LogP contribution in [0.2, 0.25) is 0 Å². The van der Waals surface area contributed by atoms with E-state index in [1.165, 1.54) is 6.20 Å². The second-order valence-corrected chi connectivity index (χ2v) is 6.31. The van der Waals surface area contributed by atoms with Gasteiger partial charge in [0.1, 0.15) is 0 Å². The van der Waals surface area contributed by atoms with Crippen LogP contribution in [0.25, 0.3) is 0 Å². The molecule has 0 saturated carbocycles. The average molecular weight is 350 g/mol. The molecular formula is C9H8F6N4S2. The fourth-order valence-corrected chi connectivity index (χ4v) is 3.45. The van der Waals surface area contributed by atoms with Crippen molar-refractivity contribution in [2.45, 2.75) is 17.3 Å². The molecule has 1 atom stereocenters. The summed E-state index contributed by atoms with van der Waals surface area (Å²) >= 11 is 1.47. The zero-order chi connectivity index (χ0) is 16.1. The molecule has 5 N–H and O–H groups in total. The molecule has 0 spiro atoms. The number of nitrogens with two attached hydrogens (primary N) is 2. The highest BCUT2D eigenvalue weighted by Gasteiger charge is 2.60. The van der Waals surface area contributed by atoms with Gasteiger partial charge in [0.05, 0.1) is 4.88 Å². The van der Waals surface area contributed by atoms with Crippen LogP contribution in [0.15, 0.2) is 17.3 Å². The smallest absolute Gasteiger partial charge is 0.375 e. The topological polar surface area (TPSA) is 77.0 Å². The molecule has 0 radical (unpaired) electrons. The lowest BCUT2D eigenvalue weighted by molar-refractivity contribution is -0.272. The Morgan fingerprint density at radius 3 is 2.19 bits per heavy atom. The zero-order valence-corrected chi connectivity index (χ0v) is 11.6. The molecule has 0 fully saturated rings. The summed E-state index contributed by atoms with van der Waals surface area (Å²) in [6.45, 7) is 0. The molecule has 0 aliphatic carbocycles. The number of allylic oxidation sites excluding steroid dienone is 1. The lowest BCUT2D eigenvalue weighted by Crippen LogP contribution is -2.48. The normalized spacial score (nSPS) is 23.3. The van der Waals surface area contributed by atoms with E-state index in [9.17, 15) is 26.3 Å². The quantitative estimate of drug-likeness (QED) is 0.715. The third-order valence-electron chi connectivity index (χ3n) is 2.56. The Hall–Kier alpha value is -1.14. The Bertz CT molecular complexity index is 551. The molecule has 4 nitrogen and oxygen atoms in total. The molecule has 2 heterocycles. The van der Waals surface area contributed by atoms with Crippen LogP contribution in [0.4, 0.5) is 31.5 Å². The van der Waals surface area contributed by atoms with Gasteiger partial charge < -0.3 is 11.1 Å². The predicted molar refractivity (Wildman–Crippen MR) is 66.8 cm³/mol. The van der Waals surface area contributed by atoms with Crippen molar-refractivity contribution in [1.29, 1.82) is 0 Å². The van der Waals surface area contributed by atoms with Crippen molar-refractivity contribution in [2.75, 3.05) is 5.73 Å². The molecule has 1 aliphatic heterocycles. The summed E-state index contributed by atoms with van der Waals surface area (Å²) in [6, 6.07) is 0. The molecule has 1 unspecified atom stereocenters. The largest absolute Gasteiger partial charge is 0.405 e. The van der Waals surface area contributed by atoms with Gasteiger partial charge in [0.25, 0.3) is 0 Å². The summed E-state index contributed by atoms with van der Waals surface area (Å²) in [5.74, 6) is -3.62. The van der Waals surface area contributed by atoms with E-state index in [1.54, 1.807) is 0 Å². The number of thiazole rings is 1. The SMILES string of the molecule is Nc1ncc(C2(N)NC(C(C(F)(F)F)C(F)(F)F)=CS2)s1. The van der Waals surface area contributed by atoms with Gasteiger partial charge in [-0.2, -0.15) is 26.3 Å². The average Bonchev–Trinajstić information content (AvgIpc) is 2.83. The molecule has 2 rings (SSSR count). The van der Waals surface area contributed by atoms with Crippen LogP contribution >= 0.6 is 23.1 Å². The van der Waals surface area contributed by atoms with Gasteiger partial charge in [0, 0.05) is 11.9 Å². The number of alkyl halides is 6. The fraction of sp³-hybridized carbons (Fsp3) is 0.444. The van der Waals surface area contributed by atoms with Crippen LogP contribution in [0.1, 0.15) is 4.88 Å². The van der Waals surface area contributed by atoms with E-state index < -0.39 is 29.0 Å². The minimum atomic E-state index is -5.48. The number of nitrogen functional groups attached to an aromatic ring is 1. The first-order chi connectivity index (χ1) is 9.43. The van der Waals surface area contributed by atoms with E-state index >= 15 is 0 Å². The second kappa shape index (κ2) is 4.95. The highest BCUT2D eigenvalue weighted by atomic mass is 32.2. The van der Waals surface area contributed by atoms with Crippen molar-refractivity contribution in [2.24, 2.45) is 11.7 Å². The van der Waals surface area contributed by atoms with Crippen molar-refractivity contribution < 1.29 is 26.3 Å². The van der Waals surface area contributed by atoms with Crippen molar-refractivity contribution in [3.8, 4) is 0 Å². The van der Waals surface area contributed by atoms with E-state index in [1.807, 2.05) is 0 Å². The van der Waals surface area contributed by atoms with E-state index in [2.05, 4.69) is 10.3 Å². The fourth-order valence-electron chi connectivity index (χ4n) is 1.69. The van der Waals surface area contributed by atoms with E-state index in [-0.39, 0.29) is 10.0 Å². The number of rotatable bonds is 2. The Morgan fingerprint density at radius 1 is 1.19 bits per heavy atom. The third kappa shape index (κ3) is 3.21. The van der Waals surface area contributed by atoms with Crippen LogP contribution in [0, 0.1) is 5.92 Å². The van der Waals surface area contributed by atoms with Crippen molar-refractivity contribution in [3.05, 3.63) is 22.2 Å². The summed E-state index contributed by atoms with van der Waals surface area (Å²) in [5, 5.41) is 2.92. The molecule has 1 aliphatic rings. The van der Waals surface area contributed by atoms with Crippen molar-refractivity contribution in [1.82, 2.24) is 10.3 Å². The molecule has 1 aromatic heterocycles. The van der Waals surface area contributed by atoms with E-state index in [4.69, 9.17) is 11.5 Å². The first-order valence-corrected chi connectivity index (χ1v) is 6.93. The molecular weight excluding hydrogens is 342 g/mol. The number of hydrogen-bond acceptors (Lipinski definition) is 6. The molecule has 12 heteroatoms. The lowest BCUT2D eigenvalue weighted by atomic mass is 10.1. The first-order valence-electron chi connectivity index (χ1n) is 5.23. The number of halogens is 6. The summed E-state index contributed by atoms with van der Waals surface area (Å²) in [7, 11) is 0. The molecule has 21 heavy (non-hydrogen) atoms. The van der Waals surface area contributed by atoms with Gasteiger partial charge in [0.15, 0.2) is 16.0 Å². The summed E-state index contributed by atoms with van der Waals surface area (Å²) in [4.78, 5) is 2.24. The number of aromatic nitrogens is 1. The molecule has 0 aromatic carbocycles. The minimum absolute atomic E-state index is 0.105. The molecule has 0 amide bonds. The van der Waals surface area contributed by atoms with Crippen molar-refractivity contribution >= 4 is 28.2 Å². The maximum Gasteiger partial charge on any atom is 0.405 e. The Morgan fingerprint density at radius 2 is 1.76 bits per heavy atom. The Labute approximate surface area is 122 Å². The van der Waals surface area contributed by atoms with Gasteiger partial charge >= 0.3 is 12.4 Å². The predicted octanol–water partition coefficient (Wildman–Crippen LogP) is 2.71. The Balaban J connectivity index is 2.28. The number of anilines is 1. The third-order valence-corrected chi connectivity index (χ3v) is 4.71. The monoisotopic (exact) mass is 350 g/mol. The number of nitrogens with one attached hydrogen (secondary N) is 1. The molecule has 0 bridgehead atoms. The van der Waals surface area contributed by atoms with Gasteiger partial charge in [-0.05, 0) is 5.41 Å². The van der Waals surface area contributed by atoms with Gasteiger partial charge in [-0.1, -0.05) is 23.1 Å². The highest BCUT2D eigenvalue weighted by molar-refractivity contribution is 8.03. The summed E-state index contributed by atoms with van der Waals surface area (Å²) in [6.07, 6.45) is -9.75. The molecule has 0 saturated heterocycles. The molecule has 1 aromatic rings. The standard InChI is InChI=1S/C9H8F6N4S2/c10-7(11,12)5(8(13,14)15)3-2-20-9(17,19-3)4-1-18-6(16)21-4/h1-2,5,19H,17H2,(H2,16,18). The van der Waals surface area contributed by atoms with Crippen LogP contribution < -0.4 is 16.8 Å². The Kier molecular flexibility index (Phi) is 3.83. The minimum Gasteiger partial charge on any atom is -0.375 e. The highest BCUT2D eigenvalue weighted by Crippen LogP contribution is 2.48.